The molecule has 4 heteroatoms. The molecule has 0 N–H and O–H groups in total. The van der Waals surface area contributed by atoms with Gasteiger partial charge in [0.05, 0.1) is 22.0 Å². The van der Waals surface area contributed by atoms with Crippen molar-refractivity contribution < 1.29 is 0 Å². The molecule has 0 unspecified atom stereocenters. The van der Waals surface area contributed by atoms with E-state index < -0.39 is 0 Å². The van der Waals surface area contributed by atoms with Crippen LogP contribution >= 0.6 is 27.5 Å². The molecule has 1 heterocycles. The second-order valence-corrected chi connectivity index (χ2v) is 7.05. The molecule has 3 aromatic carbocycles. The van der Waals surface area contributed by atoms with E-state index in [0.29, 0.717) is 10.8 Å². The van der Waals surface area contributed by atoms with Crippen molar-refractivity contribution in [3.8, 4) is 33.9 Å². The van der Waals surface area contributed by atoms with Gasteiger partial charge in [-0.2, -0.15) is 0 Å². The van der Waals surface area contributed by atoms with Gasteiger partial charge in [-0.1, -0.05) is 78.3 Å². The second-order valence-electron chi connectivity index (χ2n) is 5.79. The van der Waals surface area contributed by atoms with Gasteiger partial charge in [0.1, 0.15) is 0 Å². The number of aromatic nitrogens is 2. The maximum atomic E-state index is 6.45. The topological polar surface area (TPSA) is 25.8 Å². The van der Waals surface area contributed by atoms with Crippen LogP contribution in [0.5, 0.6) is 0 Å². The van der Waals surface area contributed by atoms with Crippen molar-refractivity contribution in [1.29, 1.82) is 0 Å². The highest BCUT2D eigenvalue weighted by Gasteiger charge is 2.15. The van der Waals surface area contributed by atoms with Crippen LogP contribution in [0.2, 0.25) is 5.02 Å². The SMILES string of the molecule is Clc1cccc(Br)c1-c1nc(-c2ccccc2)cc(-c2ccccc2)n1. The largest absolute Gasteiger partial charge is 0.228 e. The van der Waals surface area contributed by atoms with Gasteiger partial charge < -0.3 is 0 Å². The van der Waals surface area contributed by atoms with Crippen LogP contribution in [0.15, 0.2) is 89.4 Å². The summed E-state index contributed by atoms with van der Waals surface area (Å²) < 4.78 is 0.870. The second kappa shape index (κ2) is 7.40. The third kappa shape index (κ3) is 3.41. The lowest BCUT2D eigenvalue weighted by Gasteiger charge is -2.11. The molecule has 1 aromatic heterocycles. The molecule has 0 radical (unpaired) electrons. The van der Waals surface area contributed by atoms with E-state index in [-0.39, 0.29) is 0 Å². The van der Waals surface area contributed by atoms with Crippen molar-refractivity contribution in [3.63, 3.8) is 0 Å². The van der Waals surface area contributed by atoms with Crippen molar-refractivity contribution >= 4 is 27.5 Å². The predicted molar refractivity (Wildman–Crippen MR) is 111 cm³/mol. The van der Waals surface area contributed by atoms with Crippen molar-refractivity contribution in [3.05, 3.63) is 94.4 Å². The minimum Gasteiger partial charge on any atom is -0.228 e. The van der Waals surface area contributed by atoms with E-state index in [4.69, 9.17) is 21.6 Å². The van der Waals surface area contributed by atoms with E-state index in [0.717, 1.165) is 32.6 Å². The molecule has 0 saturated carbocycles. The van der Waals surface area contributed by atoms with Gasteiger partial charge in [-0.15, -0.1) is 0 Å². The van der Waals surface area contributed by atoms with E-state index in [1.54, 1.807) is 0 Å². The summed E-state index contributed by atoms with van der Waals surface area (Å²) in [7, 11) is 0. The predicted octanol–water partition coefficient (Wildman–Crippen LogP) is 6.89. The van der Waals surface area contributed by atoms with Crippen LogP contribution < -0.4 is 0 Å². The molecule has 0 aliphatic carbocycles. The van der Waals surface area contributed by atoms with E-state index in [1.807, 2.05) is 84.9 Å². The Balaban J connectivity index is 1.97. The molecule has 0 amide bonds. The highest BCUT2D eigenvalue weighted by Crippen LogP contribution is 2.35. The summed E-state index contributed by atoms with van der Waals surface area (Å²) >= 11 is 10.0. The highest BCUT2D eigenvalue weighted by molar-refractivity contribution is 9.10. The molecule has 0 bridgehead atoms. The molecule has 0 aliphatic heterocycles. The quantitative estimate of drug-likeness (QED) is 0.360. The summed E-state index contributed by atoms with van der Waals surface area (Å²) in [5.41, 5.74) is 4.60. The molecule has 2 nitrogen and oxygen atoms in total. The number of nitrogens with zero attached hydrogens (tertiary/aromatic N) is 2. The Morgan fingerprint density at radius 3 is 1.69 bits per heavy atom. The smallest absolute Gasteiger partial charge is 0.163 e. The Kier molecular flexibility index (Phi) is 4.83. The fourth-order valence-electron chi connectivity index (χ4n) is 2.78. The third-order valence-corrected chi connectivity index (χ3v) is 5.03. The van der Waals surface area contributed by atoms with Crippen LogP contribution in [0.4, 0.5) is 0 Å². The van der Waals surface area contributed by atoms with Gasteiger partial charge in [-0.25, -0.2) is 9.97 Å². The first-order valence-electron chi connectivity index (χ1n) is 8.17. The molecular formula is C22H14BrClN2. The minimum absolute atomic E-state index is 0.600. The van der Waals surface area contributed by atoms with Gasteiger partial charge in [0.15, 0.2) is 5.82 Å². The average molecular weight is 422 g/mol. The lowest BCUT2D eigenvalue weighted by atomic mass is 10.1. The zero-order valence-corrected chi connectivity index (χ0v) is 16.1. The van der Waals surface area contributed by atoms with Gasteiger partial charge in [0.2, 0.25) is 0 Å². The normalized spacial score (nSPS) is 10.7. The van der Waals surface area contributed by atoms with E-state index in [1.165, 1.54) is 0 Å². The van der Waals surface area contributed by atoms with Crippen molar-refractivity contribution in [1.82, 2.24) is 9.97 Å². The van der Waals surface area contributed by atoms with E-state index in [2.05, 4.69) is 15.9 Å². The Morgan fingerprint density at radius 1 is 0.654 bits per heavy atom. The first kappa shape index (κ1) is 17.0. The van der Waals surface area contributed by atoms with Crippen molar-refractivity contribution in [2.75, 3.05) is 0 Å². The molecule has 0 fully saturated rings. The summed E-state index contributed by atoms with van der Waals surface area (Å²) in [4.78, 5) is 9.59. The molecule has 0 saturated heterocycles. The molecular weight excluding hydrogens is 408 g/mol. The molecule has 0 atom stereocenters. The van der Waals surface area contributed by atoms with Crippen molar-refractivity contribution in [2.45, 2.75) is 0 Å². The molecule has 4 aromatic rings. The Bertz CT molecular complexity index is 972. The first-order valence-corrected chi connectivity index (χ1v) is 9.34. The van der Waals surface area contributed by atoms with Gasteiger partial charge in [0, 0.05) is 15.6 Å². The zero-order valence-electron chi connectivity index (χ0n) is 13.7. The summed E-state index contributed by atoms with van der Waals surface area (Å²) in [6.07, 6.45) is 0. The van der Waals surface area contributed by atoms with Crippen LogP contribution in [-0.2, 0) is 0 Å². The number of hydrogen-bond donors (Lipinski definition) is 0. The van der Waals surface area contributed by atoms with E-state index in [9.17, 15) is 0 Å². The monoisotopic (exact) mass is 420 g/mol. The first-order chi connectivity index (χ1) is 12.7. The van der Waals surface area contributed by atoms with Crippen LogP contribution in [0.25, 0.3) is 33.9 Å². The minimum atomic E-state index is 0.600. The number of halogens is 2. The van der Waals surface area contributed by atoms with E-state index >= 15 is 0 Å². The molecule has 0 spiro atoms. The maximum absolute atomic E-state index is 6.45. The molecule has 26 heavy (non-hydrogen) atoms. The summed E-state index contributed by atoms with van der Waals surface area (Å²) in [5, 5.41) is 0.614. The van der Waals surface area contributed by atoms with Gasteiger partial charge in [0.25, 0.3) is 0 Å². The van der Waals surface area contributed by atoms with Crippen LogP contribution in [0.3, 0.4) is 0 Å². The summed E-state index contributed by atoms with van der Waals surface area (Å²) in [5.74, 6) is 0.600. The fourth-order valence-corrected chi connectivity index (χ4v) is 3.70. The standard InChI is InChI=1S/C22H14BrClN2/c23-17-12-7-13-18(24)21(17)22-25-19(15-8-3-1-4-9-15)14-20(26-22)16-10-5-2-6-11-16/h1-14H. The number of rotatable bonds is 3. The summed E-state index contributed by atoms with van der Waals surface area (Å²) in [6, 6.07) is 27.9. The van der Waals surface area contributed by atoms with Crippen LogP contribution in [-0.4, -0.2) is 9.97 Å². The Labute approximate surface area is 165 Å². The van der Waals surface area contributed by atoms with Crippen LogP contribution in [0.1, 0.15) is 0 Å². The zero-order chi connectivity index (χ0) is 17.9. The number of benzene rings is 3. The summed E-state index contributed by atoms with van der Waals surface area (Å²) in [6.45, 7) is 0. The molecule has 4 rings (SSSR count). The Morgan fingerprint density at radius 2 is 1.19 bits per heavy atom. The third-order valence-electron chi connectivity index (χ3n) is 4.05. The number of hydrogen-bond acceptors (Lipinski definition) is 2. The molecule has 126 valence electrons. The highest BCUT2D eigenvalue weighted by atomic mass is 79.9. The van der Waals surface area contributed by atoms with Crippen LogP contribution in [0, 0.1) is 0 Å². The van der Waals surface area contributed by atoms with Gasteiger partial charge in [-0.3, -0.25) is 0 Å². The molecule has 0 aliphatic rings. The average Bonchev–Trinajstić information content (AvgIpc) is 2.69. The lowest BCUT2D eigenvalue weighted by Crippen LogP contribution is -1.97. The van der Waals surface area contributed by atoms with Crippen molar-refractivity contribution in [2.24, 2.45) is 0 Å². The maximum Gasteiger partial charge on any atom is 0.163 e. The Hall–Kier alpha value is -2.49. The van der Waals surface area contributed by atoms with Gasteiger partial charge in [-0.05, 0) is 34.1 Å². The fraction of sp³-hybridized carbons (Fsp3) is 0. The van der Waals surface area contributed by atoms with Gasteiger partial charge >= 0.3 is 0 Å². The lowest BCUT2D eigenvalue weighted by molar-refractivity contribution is 1.18.